The molecule has 1 aromatic rings. The first-order chi connectivity index (χ1) is 6.88. The zero-order valence-electron chi connectivity index (χ0n) is 7.89. The molecule has 1 aromatic heterocycles. The Hall–Kier alpha value is -0.990. The van der Waals surface area contributed by atoms with Crippen LogP contribution in [0.5, 0.6) is 0 Å². The Kier molecular flexibility index (Phi) is 3.07. The summed E-state index contributed by atoms with van der Waals surface area (Å²) >= 11 is 1.24. The minimum Gasteiger partial charge on any atom is -0.296 e. The van der Waals surface area contributed by atoms with Gasteiger partial charge in [-0.1, -0.05) is 0 Å². The van der Waals surface area contributed by atoms with Crippen molar-refractivity contribution in [3.8, 4) is 6.07 Å². The van der Waals surface area contributed by atoms with Crippen molar-refractivity contribution in [2.75, 3.05) is 13.1 Å². The van der Waals surface area contributed by atoms with Gasteiger partial charge < -0.3 is 0 Å². The van der Waals surface area contributed by atoms with Crippen molar-refractivity contribution in [3.05, 3.63) is 11.9 Å². The Morgan fingerprint density at radius 2 is 2.64 bits per heavy atom. The lowest BCUT2D eigenvalue weighted by Gasteiger charge is -2.28. The molecular formula is C9H12N4S. The van der Waals surface area contributed by atoms with E-state index < -0.39 is 0 Å². The van der Waals surface area contributed by atoms with Gasteiger partial charge in [-0.05, 0) is 19.4 Å². The molecular weight excluding hydrogens is 196 g/mol. The second kappa shape index (κ2) is 4.49. The van der Waals surface area contributed by atoms with Crippen LogP contribution in [0.25, 0.3) is 0 Å². The maximum atomic E-state index is 8.83. The van der Waals surface area contributed by atoms with E-state index in [0.29, 0.717) is 0 Å². The standard InChI is InChI=1S/C9H12N4S/c10-4-8-2-1-3-13(6-8)7-9-5-11-14-12-9/h5,8H,1-3,6-7H2. The third kappa shape index (κ3) is 2.28. The number of hydrogen-bond donors (Lipinski definition) is 0. The fourth-order valence-corrected chi connectivity index (χ4v) is 2.21. The molecule has 5 heteroatoms. The van der Waals surface area contributed by atoms with Gasteiger partial charge in [0.05, 0.1) is 35.6 Å². The molecule has 4 nitrogen and oxygen atoms in total. The van der Waals surface area contributed by atoms with E-state index in [2.05, 4.69) is 19.7 Å². The van der Waals surface area contributed by atoms with Crippen molar-refractivity contribution in [1.29, 1.82) is 5.26 Å². The summed E-state index contributed by atoms with van der Waals surface area (Å²) in [6.45, 7) is 2.80. The summed E-state index contributed by atoms with van der Waals surface area (Å²) in [5, 5.41) is 8.83. The van der Waals surface area contributed by atoms with Crippen molar-refractivity contribution in [1.82, 2.24) is 13.6 Å². The second-order valence-electron chi connectivity index (χ2n) is 3.60. The average Bonchev–Trinajstić information content (AvgIpc) is 2.71. The molecule has 1 atom stereocenters. The maximum Gasteiger partial charge on any atom is 0.0883 e. The zero-order valence-corrected chi connectivity index (χ0v) is 8.70. The van der Waals surface area contributed by atoms with Gasteiger partial charge in [-0.3, -0.25) is 4.90 Å². The lowest BCUT2D eigenvalue weighted by molar-refractivity contribution is 0.190. The van der Waals surface area contributed by atoms with Crippen LogP contribution < -0.4 is 0 Å². The summed E-state index contributed by atoms with van der Waals surface area (Å²) in [5.74, 6) is 0.204. The highest BCUT2D eigenvalue weighted by atomic mass is 32.1. The van der Waals surface area contributed by atoms with Crippen LogP contribution in [0.2, 0.25) is 0 Å². The molecule has 1 saturated heterocycles. The molecule has 0 amide bonds. The van der Waals surface area contributed by atoms with E-state index in [0.717, 1.165) is 38.2 Å². The lowest BCUT2D eigenvalue weighted by atomic mass is 10.00. The highest BCUT2D eigenvalue weighted by Crippen LogP contribution is 2.17. The van der Waals surface area contributed by atoms with Gasteiger partial charge in [-0.2, -0.15) is 14.0 Å². The smallest absolute Gasteiger partial charge is 0.0883 e. The highest BCUT2D eigenvalue weighted by Gasteiger charge is 2.19. The van der Waals surface area contributed by atoms with Gasteiger partial charge in [-0.25, -0.2) is 0 Å². The lowest BCUT2D eigenvalue weighted by Crippen LogP contribution is -2.34. The van der Waals surface area contributed by atoms with Gasteiger partial charge >= 0.3 is 0 Å². The fourth-order valence-electron chi connectivity index (χ4n) is 1.79. The molecule has 14 heavy (non-hydrogen) atoms. The van der Waals surface area contributed by atoms with Crippen LogP contribution in [0.15, 0.2) is 6.20 Å². The minimum atomic E-state index is 0.204. The molecule has 2 heterocycles. The number of aromatic nitrogens is 2. The molecule has 0 radical (unpaired) electrons. The minimum absolute atomic E-state index is 0.204. The molecule has 0 aliphatic carbocycles. The van der Waals surface area contributed by atoms with Gasteiger partial charge in [-0.15, -0.1) is 0 Å². The van der Waals surface area contributed by atoms with E-state index in [1.54, 1.807) is 6.20 Å². The van der Waals surface area contributed by atoms with Crippen molar-refractivity contribution in [3.63, 3.8) is 0 Å². The first-order valence-corrected chi connectivity index (χ1v) is 5.50. The third-order valence-electron chi connectivity index (χ3n) is 2.48. The van der Waals surface area contributed by atoms with Gasteiger partial charge in [0.25, 0.3) is 0 Å². The van der Waals surface area contributed by atoms with Gasteiger partial charge in [0.15, 0.2) is 0 Å². The highest BCUT2D eigenvalue weighted by molar-refractivity contribution is 6.99. The Labute approximate surface area is 87.5 Å². The van der Waals surface area contributed by atoms with E-state index in [1.807, 2.05) is 0 Å². The van der Waals surface area contributed by atoms with E-state index >= 15 is 0 Å². The molecule has 1 aliphatic heterocycles. The Morgan fingerprint density at radius 1 is 1.71 bits per heavy atom. The number of nitrogens with zero attached hydrogens (tertiary/aromatic N) is 4. The quantitative estimate of drug-likeness (QED) is 0.734. The predicted octanol–water partition coefficient (Wildman–Crippen LogP) is 1.27. The zero-order chi connectivity index (χ0) is 9.80. The van der Waals surface area contributed by atoms with Crippen molar-refractivity contribution in [2.45, 2.75) is 19.4 Å². The fraction of sp³-hybridized carbons (Fsp3) is 0.667. The van der Waals surface area contributed by atoms with Crippen molar-refractivity contribution >= 4 is 11.7 Å². The van der Waals surface area contributed by atoms with E-state index in [9.17, 15) is 0 Å². The molecule has 74 valence electrons. The summed E-state index contributed by atoms with van der Waals surface area (Å²) in [6, 6.07) is 2.34. The third-order valence-corrected chi connectivity index (χ3v) is 3.00. The largest absolute Gasteiger partial charge is 0.296 e. The van der Waals surface area contributed by atoms with Crippen LogP contribution in [-0.4, -0.2) is 26.7 Å². The van der Waals surface area contributed by atoms with Gasteiger partial charge in [0, 0.05) is 13.1 Å². The van der Waals surface area contributed by atoms with Gasteiger partial charge in [0.2, 0.25) is 0 Å². The molecule has 0 spiro atoms. The van der Waals surface area contributed by atoms with E-state index in [1.165, 1.54) is 11.7 Å². The monoisotopic (exact) mass is 208 g/mol. The Balaban J connectivity index is 1.90. The van der Waals surface area contributed by atoms with Crippen molar-refractivity contribution < 1.29 is 0 Å². The molecule has 1 aliphatic rings. The summed E-state index contributed by atoms with van der Waals surface area (Å²) in [7, 11) is 0. The number of likely N-dealkylation sites (tertiary alicyclic amines) is 1. The van der Waals surface area contributed by atoms with Crippen LogP contribution >= 0.6 is 11.7 Å². The summed E-state index contributed by atoms with van der Waals surface area (Å²) in [5.41, 5.74) is 1.02. The van der Waals surface area contributed by atoms with Crippen LogP contribution in [0, 0.1) is 17.2 Å². The molecule has 0 bridgehead atoms. The van der Waals surface area contributed by atoms with E-state index in [-0.39, 0.29) is 5.92 Å². The summed E-state index contributed by atoms with van der Waals surface area (Å²) in [6.07, 6.45) is 3.97. The molecule has 0 aromatic carbocycles. The Morgan fingerprint density at radius 3 is 3.36 bits per heavy atom. The predicted molar refractivity (Wildman–Crippen MR) is 53.5 cm³/mol. The molecule has 0 N–H and O–H groups in total. The number of nitriles is 1. The van der Waals surface area contributed by atoms with Crippen LogP contribution in [0.3, 0.4) is 0 Å². The van der Waals surface area contributed by atoms with Crippen molar-refractivity contribution in [2.24, 2.45) is 5.92 Å². The SMILES string of the molecule is N#CC1CCCN(Cc2cnsn2)C1. The van der Waals surface area contributed by atoms with E-state index in [4.69, 9.17) is 5.26 Å². The second-order valence-corrected chi connectivity index (χ2v) is 4.16. The normalized spacial score (nSPS) is 23.2. The number of hydrogen-bond acceptors (Lipinski definition) is 5. The molecule has 2 rings (SSSR count). The Bertz CT molecular complexity index is 316. The first-order valence-electron chi connectivity index (χ1n) is 4.77. The van der Waals surface area contributed by atoms with Crippen LogP contribution in [-0.2, 0) is 6.54 Å². The topological polar surface area (TPSA) is 52.8 Å². The first kappa shape index (κ1) is 9.56. The summed E-state index contributed by atoms with van der Waals surface area (Å²) in [4.78, 5) is 2.29. The average molecular weight is 208 g/mol. The molecule has 1 fully saturated rings. The molecule has 0 saturated carbocycles. The van der Waals surface area contributed by atoms with Crippen LogP contribution in [0.1, 0.15) is 18.5 Å². The molecule has 1 unspecified atom stereocenters. The number of piperidine rings is 1. The maximum absolute atomic E-state index is 8.83. The van der Waals surface area contributed by atoms with Crippen LogP contribution in [0.4, 0.5) is 0 Å². The number of rotatable bonds is 2. The van der Waals surface area contributed by atoms with Gasteiger partial charge in [0.1, 0.15) is 0 Å². The summed E-state index contributed by atoms with van der Waals surface area (Å²) < 4.78 is 8.13.